The highest BCUT2D eigenvalue weighted by atomic mass is 16.2. The molecule has 1 aromatic carbocycles. The minimum atomic E-state index is -0.912. The lowest BCUT2D eigenvalue weighted by Gasteiger charge is -2.34. The molecular weight excluding hydrogens is 384 g/mol. The number of benzene rings is 1. The van der Waals surface area contributed by atoms with Crippen molar-refractivity contribution < 1.29 is 19.2 Å². The molecule has 1 saturated carbocycles. The van der Waals surface area contributed by atoms with E-state index in [-0.39, 0.29) is 12.0 Å². The zero-order valence-electron chi connectivity index (χ0n) is 17.0. The van der Waals surface area contributed by atoms with Crippen LogP contribution in [0.2, 0.25) is 0 Å². The molecule has 0 spiro atoms. The summed E-state index contributed by atoms with van der Waals surface area (Å²) < 4.78 is 0. The zero-order chi connectivity index (χ0) is 21.3. The van der Waals surface area contributed by atoms with Crippen LogP contribution in [0.4, 0.5) is 4.79 Å². The molecule has 5 amide bonds. The topological polar surface area (TPSA) is 103 Å². The summed E-state index contributed by atoms with van der Waals surface area (Å²) in [5.74, 6) is -2.03. The standard InChI is InChI=1S/C22H26N4O4/c1-14-6-2-5-9-18(14)26-21(29)20(28)25(22(26)30)13-19(27)23-11-10-15-12-24-17-8-4-3-7-16(15)17/h3-4,7-8,12,14,18,24H,2,5-6,9-11,13H2,1H3,(H,23,27)/t14-,18-/m1/s1. The van der Waals surface area contributed by atoms with Gasteiger partial charge in [0, 0.05) is 29.7 Å². The Kier molecular flexibility index (Phi) is 5.57. The average Bonchev–Trinajstić information content (AvgIpc) is 3.24. The Morgan fingerprint density at radius 1 is 1.13 bits per heavy atom. The van der Waals surface area contributed by atoms with Gasteiger partial charge in [0.15, 0.2) is 0 Å². The van der Waals surface area contributed by atoms with Gasteiger partial charge in [0.25, 0.3) is 0 Å². The van der Waals surface area contributed by atoms with E-state index in [9.17, 15) is 19.2 Å². The Morgan fingerprint density at radius 3 is 2.70 bits per heavy atom. The quantitative estimate of drug-likeness (QED) is 0.563. The van der Waals surface area contributed by atoms with Crippen molar-refractivity contribution in [3.63, 3.8) is 0 Å². The number of carbonyl (C=O) groups excluding carboxylic acids is 4. The van der Waals surface area contributed by atoms with Gasteiger partial charge in [-0.1, -0.05) is 38.0 Å². The van der Waals surface area contributed by atoms with E-state index < -0.39 is 30.3 Å². The predicted molar refractivity (Wildman–Crippen MR) is 110 cm³/mol. The van der Waals surface area contributed by atoms with Crippen molar-refractivity contribution in [1.29, 1.82) is 0 Å². The van der Waals surface area contributed by atoms with Gasteiger partial charge in [-0.3, -0.25) is 19.3 Å². The molecule has 8 heteroatoms. The SMILES string of the molecule is C[C@@H]1CCCC[C@H]1N1C(=O)C(=O)N(CC(=O)NCCc2c[nH]c3ccccc23)C1=O. The number of rotatable bonds is 6. The summed E-state index contributed by atoms with van der Waals surface area (Å²) in [6.07, 6.45) is 6.13. The van der Waals surface area contributed by atoms with Crippen LogP contribution in [0.1, 0.15) is 38.2 Å². The van der Waals surface area contributed by atoms with Gasteiger partial charge in [-0.25, -0.2) is 9.69 Å². The second-order valence-electron chi connectivity index (χ2n) is 8.14. The summed E-state index contributed by atoms with van der Waals surface area (Å²) >= 11 is 0. The molecule has 0 radical (unpaired) electrons. The molecule has 2 aliphatic rings. The molecule has 158 valence electrons. The number of nitrogens with zero attached hydrogens (tertiary/aromatic N) is 2. The van der Waals surface area contributed by atoms with Crippen LogP contribution in [0.15, 0.2) is 30.5 Å². The minimum absolute atomic E-state index is 0.157. The molecule has 8 nitrogen and oxygen atoms in total. The molecule has 0 unspecified atom stereocenters. The molecule has 2 aromatic rings. The smallest absolute Gasteiger partial charge is 0.334 e. The van der Waals surface area contributed by atoms with Gasteiger partial charge in [-0.05, 0) is 36.8 Å². The van der Waals surface area contributed by atoms with Crippen molar-refractivity contribution in [3.05, 3.63) is 36.0 Å². The van der Waals surface area contributed by atoms with Gasteiger partial charge in [0.1, 0.15) is 6.54 Å². The van der Waals surface area contributed by atoms with E-state index in [4.69, 9.17) is 0 Å². The summed E-state index contributed by atoms with van der Waals surface area (Å²) in [4.78, 5) is 54.9. The largest absolute Gasteiger partial charge is 0.361 e. The number of fused-ring (bicyclic) bond motifs is 1. The maximum Gasteiger partial charge on any atom is 0.334 e. The highest BCUT2D eigenvalue weighted by Crippen LogP contribution is 2.31. The fourth-order valence-electron chi connectivity index (χ4n) is 4.51. The van der Waals surface area contributed by atoms with Crippen LogP contribution in [0.3, 0.4) is 0 Å². The molecule has 2 fully saturated rings. The molecule has 1 saturated heterocycles. The Morgan fingerprint density at radius 2 is 1.90 bits per heavy atom. The first kappa shape index (κ1) is 20.1. The van der Waals surface area contributed by atoms with Gasteiger partial charge in [-0.2, -0.15) is 0 Å². The maximum absolute atomic E-state index is 12.7. The number of urea groups is 1. The number of carbonyl (C=O) groups is 4. The fraction of sp³-hybridized carbons (Fsp3) is 0.455. The van der Waals surface area contributed by atoms with Crippen LogP contribution in [-0.4, -0.2) is 57.7 Å². The number of hydrogen-bond acceptors (Lipinski definition) is 4. The lowest BCUT2D eigenvalue weighted by atomic mass is 9.85. The minimum Gasteiger partial charge on any atom is -0.361 e. The summed E-state index contributed by atoms with van der Waals surface area (Å²) in [5.41, 5.74) is 2.11. The number of imide groups is 2. The molecule has 4 rings (SSSR count). The van der Waals surface area contributed by atoms with E-state index >= 15 is 0 Å². The van der Waals surface area contributed by atoms with E-state index in [1.807, 2.05) is 37.4 Å². The first-order valence-corrected chi connectivity index (χ1v) is 10.5. The third kappa shape index (κ3) is 3.69. The summed E-state index contributed by atoms with van der Waals surface area (Å²) in [6.45, 7) is 1.93. The average molecular weight is 410 g/mol. The summed E-state index contributed by atoms with van der Waals surface area (Å²) in [6, 6.07) is 6.97. The van der Waals surface area contributed by atoms with Crippen molar-refractivity contribution in [1.82, 2.24) is 20.1 Å². The second kappa shape index (κ2) is 8.30. The first-order valence-electron chi connectivity index (χ1n) is 10.5. The maximum atomic E-state index is 12.7. The number of para-hydroxylation sites is 1. The molecule has 2 atom stereocenters. The molecular formula is C22H26N4O4. The molecule has 1 aliphatic carbocycles. The molecule has 2 N–H and O–H groups in total. The first-order chi connectivity index (χ1) is 14.5. The summed E-state index contributed by atoms with van der Waals surface area (Å²) in [5, 5.41) is 3.84. The normalized spacial score (nSPS) is 22.2. The van der Waals surface area contributed by atoms with Crippen LogP contribution < -0.4 is 5.32 Å². The van der Waals surface area contributed by atoms with Crippen molar-refractivity contribution in [2.24, 2.45) is 5.92 Å². The predicted octanol–water partition coefficient (Wildman–Crippen LogP) is 2.20. The highest BCUT2D eigenvalue weighted by molar-refractivity contribution is 6.45. The van der Waals surface area contributed by atoms with Gasteiger partial charge >= 0.3 is 17.8 Å². The van der Waals surface area contributed by atoms with E-state index in [0.717, 1.165) is 45.5 Å². The number of nitrogens with one attached hydrogen (secondary N) is 2. The van der Waals surface area contributed by atoms with Gasteiger partial charge in [0.2, 0.25) is 5.91 Å². The van der Waals surface area contributed by atoms with Gasteiger partial charge < -0.3 is 10.3 Å². The second-order valence-corrected chi connectivity index (χ2v) is 8.14. The number of H-pyrrole nitrogens is 1. The fourth-order valence-corrected chi connectivity index (χ4v) is 4.51. The third-order valence-corrected chi connectivity index (χ3v) is 6.17. The Bertz CT molecular complexity index is 998. The van der Waals surface area contributed by atoms with Crippen molar-refractivity contribution in [3.8, 4) is 0 Å². The lowest BCUT2D eigenvalue weighted by molar-refractivity contribution is -0.145. The molecule has 1 aromatic heterocycles. The molecule has 1 aliphatic heterocycles. The van der Waals surface area contributed by atoms with E-state index in [1.165, 1.54) is 0 Å². The monoisotopic (exact) mass is 410 g/mol. The van der Waals surface area contributed by atoms with Crippen molar-refractivity contribution in [2.45, 2.75) is 45.1 Å². The molecule has 30 heavy (non-hydrogen) atoms. The molecule has 2 heterocycles. The van der Waals surface area contributed by atoms with E-state index in [1.54, 1.807) is 0 Å². The van der Waals surface area contributed by atoms with Crippen molar-refractivity contribution >= 4 is 34.7 Å². The van der Waals surface area contributed by atoms with Crippen LogP contribution in [-0.2, 0) is 20.8 Å². The Hall–Kier alpha value is -3.16. The van der Waals surface area contributed by atoms with Crippen LogP contribution in [0.25, 0.3) is 10.9 Å². The Balaban J connectivity index is 1.34. The van der Waals surface area contributed by atoms with Crippen LogP contribution in [0.5, 0.6) is 0 Å². The van der Waals surface area contributed by atoms with Crippen LogP contribution >= 0.6 is 0 Å². The summed E-state index contributed by atoms with van der Waals surface area (Å²) in [7, 11) is 0. The van der Waals surface area contributed by atoms with E-state index in [2.05, 4.69) is 10.3 Å². The third-order valence-electron chi connectivity index (χ3n) is 6.17. The lowest BCUT2D eigenvalue weighted by Crippen LogP contribution is -2.47. The molecule has 0 bridgehead atoms. The highest BCUT2D eigenvalue weighted by Gasteiger charge is 2.49. The number of aromatic nitrogens is 1. The number of amides is 5. The van der Waals surface area contributed by atoms with Gasteiger partial charge in [-0.15, -0.1) is 0 Å². The Labute approximate surface area is 174 Å². The number of aromatic amines is 1. The zero-order valence-corrected chi connectivity index (χ0v) is 17.0. The van der Waals surface area contributed by atoms with E-state index in [0.29, 0.717) is 19.4 Å². The van der Waals surface area contributed by atoms with Crippen LogP contribution in [0, 0.1) is 5.92 Å². The van der Waals surface area contributed by atoms with Crippen molar-refractivity contribution in [2.75, 3.05) is 13.1 Å². The number of hydrogen-bond donors (Lipinski definition) is 2. The van der Waals surface area contributed by atoms with Gasteiger partial charge in [0.05, 0.1) is 0 Å².